The minimum Gasteiger partial charge on any atom is -0.383 e. The second-order valence-corrected chi connectivity index (χ2v) is 5.63. The van der Waals surface area contributed by atoms with E-state index >= 15 is 0 Å². The summed E-state index contributed by atoms with van der Waals surface area (Å²) in [5.41, 5.74) is 6.90. The van der Waals surface area contributed by atoms with Crippen molar-refractivity contribution in [2.75, 3.05) is 5.73 Å². The number of rotatable bonds is 4. The smallest absolute Gasteiger partial charge is 0.131 e. The Balaban J connectivity index is 2.28. The van der Waals surface area contributed by atoms with Crippen molar-refractivity contribution < 1.29 is 0 Å². The van der Waals surface area contributed by atoms with E-state index in [9.17, 15) is 0 Å². The van der Waals surface area contributed by atoms with Crippen LogP contribution in [-0.4, -0.2) is 15.0 Å². The topological polar surface area (TPSA) is 64.7 Å². The first-order chi connectivity index (χ1) is 8.70. The molecule has 2 aromatic heterocycles. The summed E-state index contributed by atoms with van der Waals surface area (Å²) in [4.78, 5) is 12.7. The Labute approximate surface area is 119 Å². The van der Waals surface area contributed by atoms with Gasteiger partial charge in [-0.15, -0.1) is 0 Å². The summed E-state index contributed by atoms with van der Waals surface area (Å²) >= 11 is 4.88. The summed E-state index contributed by atoms with van der Waals surface area (Å²) in [6.45, 7) is 2.11. The van der Waals surface area contributed by atoms with Crippen molar-refractivity contribution in [3.63, 3.8) is 0 Å². The van der Waals surface area contributed by atoms with Crippen LogP contribution >= 0.6 is 27.7 Å². The first-order valence-corrected chi connectivity index (χ1v) is 7.20. The SMILES string of the molecule is CCCc1c(N)ncnc1Sc1ccc(Br)cn1. The van der Waals surface area contributed by atoms with Crippen molar-refractivity contribution in [2.24, 2.45) is 0 Å². The molecule has 2 N–H and O–H groups in total. The van der Waals surface area contributed by atoms with Crippen LogP contribution in [0, 0.1) is 0 Å². The van der Waals surface area contributed by atoms with E-state index in [0.717, 1.165) is 32.9 Å². The third-order valence-electron chi connectivity index (χ3n) is 2.34. The summed E-state index contributed by atoms with van der Waals surface area (Å²) in [7, 11) is 0. The highest BCUT2D eigenvalue weighted by molar-refractivity contribution is 9.10. The number of anilines is 1. The predicted molar refractivity (Wildman–Crippen MR) is 76.5 cm³/mol. The van der Waals surface area contributed by atoms with Gasteiger partial charge in [-0.3, -0.25) is 0 Å². The van der Waals surface area contributed by atoms with Gasteiger partial charge in [0.15, 0.2) is 0 Å². The predicted octanol–water partition coefficient (Wildman–Crippen LogP) is 3.32. The van der Waals surface area contributed by atoms with Gasteiger partial charge in [-0.2, -0.15) is 0 Å². The van der Waals surface area contributed by atoms with Crippen molar-refractivity contribution in [3.8, 4) is 0 Å². The molecule has 0 spiro atoms. The van der Waals surface area contributed by atoms with Gasteiger partial charge in [-0.05, 0) is 46.2 Å². The lowest BCUT2D eigenvalue weighted by atomic mass is 10.2. The van der Waals surface area contributed by atoms with Gasteiger partial charge in [0, 0.05) is 16.2 Å². The van der Waals surface area contributed by atoms with Gasteiger partial charge in [0.2, 0.25) is 0 Å². The highest BCUT2D eigenvalue weighted by atomic mass is 79.9. The van der Waals surface area contributed by atoms with Crippen LogP contribution in [0.2, 0.25) is 0 Å². The molecule has 18 heavy (non-hydrogen) atoms. The Morgan fingerprint density at radius 2 is 2.11 bits per heavy atom. The zero-order valence-electron chi connectivity index (χ0n) is 9.93. The van der Waals surface area contributed by atoms with Gasteiger partial charge in [0.25, 0.3) is 0 Å². The van der Waals surface area contributed by atoms with Crippen LogP contribution in [0.5, 0.6) is 0 Å². The molecule has 6 heteroatoms. The third-order valence-corrected chi connectivity index (χ3v) is 3.81. The Hall–Kier alpha value is -1.14. The number of nitrogens with zero attached hydrogens (tertiary/aromatic N) is 3. The third kappa shape index (κ3) is 3.20. The average Bonchev–Trinajstić information content (AvgIpc) is 2.36. The van der Waals surface area contributed by atoms with E-state index in [4.69, 9.17) is 5.73 Å². The van der Waals surface area contributed by atoms with E-state index in [-0.39, 0.29) is 0 Å². The molecule has 0 atom stereocenters. The molecule has 0 saturated carbocycles. The molecule has 0 amide bonds. The van der Waals surface area contributed by atoms with Crippen LogP contribution in [0.3, 0.4) is 0 Å². The lowest BCUT2D eigenvalue weighted by molar-refractivity contribution is 0.860. The number of hydrogen-bond acceptors (Lipinski definition) is 5. The normalized spacial score (nSPS) is 10.6. The first kappa shape index (κ1) is 13.3. The van der Waals surface area contributed by atoms with Crippen LogP contribution in [-0.2, 0) is 6.42 Å². The van der Waals surface area contributed by atoms with Crippen molar-refractivity contribution >= 4 is 33.5 Å². The number of pyridine rings is 1. The van der Waals surface area contributed by atoms with Gasteiger partial charge in [-0.25, -0.2) is 15.0 Å². The molecular weight excluding hydrogens is 312 g/mol. The fourth-order valence-electron chi connectivity index (χ4n) is 1.50. The van der Waals surface area contributed by atoms with Gasteiger partial charge in [0.1, 0.15) is 22.2 Å². The van der Waals surface area contributed by atoms with Gasteiger partial charge >= 0.3 is 0 Å². The van der Waals surface area contributed by atoms with E-state index in [1.807, 2.05) is 12.1 Å². The molecule has 0 aliphatic carbocycles. The lowest BCUT2D eigenvalue weighted by Gasteiger charge is -2.08. The summed E-state index contributed by atoms with van der Waals surface area (Å²) in [5.74, 6) is 0.562. The monoisotopic (exact) mass is 324 g/mol. The van der Waals surface area contributed by atoms with Crippen molar-refractivity contribution in [1.82, 2.24) is 15.0 Å². The number of nitrogen functional groups attached to an aromatic ring is 1. The Morgan fingerprint density at radius 3 is 2.78 bits per heavy atom. The molecule has 0 aliphatic rings. The van der Waals surface area contributed by atoms with Crippen molar-refractivity contribution in [2.45, 2.75) is 29.8 Å². The molecule has 0 unspecified atom stereocenters. The Morgan fingerprint density at radius 1 is 1.28 bits per heavy atom. The van der Waals surface area contributed by atoms with E-state index in [2.05, 4.69) is 37.8 Å². The molecule has 2 aromatic rings. The zero-order chi connectivity index (χ0) is 13.0. The van der Waals surface area contributed by atoms with Gasteiger partial charge in [-0.1, -0.05) is 13.3 Å². The van der Waals surface area contributed by atoms with Crippen LogP contribution in [0.4, 0.5) is 5.82 Å². The number of aromatic nitrogens is 3. The van der Waals surface area contributed by atoms with Crippen LogP contribution in [0.25, 0.3) is 0 Å². The molecule has 0 radical (unpaired) electrons. The highest BCUT2D eigenvalue weighted by Crippen LogP contribution is 2.30. The first-order valence-electron chi connectivity index (χ1n) is 5.59. The van der Waals surface area contributed by atoms with Gasteiger partial charge in [0.05, 0.1) is 0 Å². The molecule has 2 rings (SSSR count). The second kappa shape index (κ2) is 6.15. The Kier molecular flexibility index (Phi) is 4.54. The largest absolute Gasteiger partial charge is 0.383 e. The number of hydrogen-bond donors (Lipinski definition) is 1. The fourth-order valence-corrected chi connectivity index (χ4v) is 2.61. The van der Waals surface area contributed by atoms with E-state index in [0.29, 0.717) is 5.82 Å². The molecule has 4 nitrogen and oxygen atoms in total. The van der Waals surface area contributed by atoms with Crippen molar-refractivity contribution in [3.05, 3.63) is 34.7 Å². The summed E-state index contributed by atoms with van der Waals surface area (Å²) < 4.78 is 0.961. The van der Waals surface area contributed by atoms with Crippen molar-refractivity contribution in [1.29, 1.82) is 0 Å². The molecule has 0 saturated heterocycles. The zero-order valence-corrected chi connectivity index (χ0v) is 12.3. The van der Waals surface area contributed by atoms with E-state index in [1.54, 1.807) is 6.20 Å². The fraction of sp³-hybridized carbons (Fsp3) is 0.250. The highest BCUT2D eigenvalue weighted by Gasteiger charge is 2.10. The molecular formula is C12H13BrN4S. The lowest BCUT2D eigenvalue weighted by Crippen LogP contribution is -2.01. The van der Waals surface area contributed by atoms with Crippen LogP contribution in [0.1, 0.15) is 18.9 Å². The van der Waals surface area contributed by atoms with Crippen LogP contribution in [0.15, 0.2) is 39.2 Å². The maximum Gasteiger partial charge on any atom is 0.131 e. The maximum absolute atomic E-state index is 5.89. The standard InChI is InChI=1S/C12H13BrN4S/c1-2-3-9-11(14)16-7-17-12(9)18-10-5-4-8(13)6-15-10/h4-7H,2-3H2,1H3,(H2,14,16,17). The molecule has 94 valence electrons. The van der Waals surface area contributed by atoms with E-state index in [1.165, 1.54) is 18.1 Å². The number of halogens is 1. The number of nitrogens with two attached hydrogens (primary N) is 1. The molecule has 0 aliphatic heterocycles. The Bertz CT molecular complexity index is 530. The van der Waals surface area contributed by atoms with Crippen LogP contribution < -0.4 is 5.73 Å². The van der Waals surface area contributed by atoms with E-state index < -0.39 is 0 Å². The molecule has 0 aromatic carbocycles. The molecule has 0 fully saturated rings. The maximum atomic E-state index is 5.89. The minimum atomic E-state index is 0.562. The quantitative estimate of drug-likeness (QED) is 0.874. The molecule has 2 heterocycles. The minimum absolute atomic E-state index is 0.562. The molecule has 0 bridgehead atoms. The summed E-state index contributed by atoms with van der Waals surface area (Å²) in [6.07, 6.45) is 5.16. The average molecular weight is 325 g/mol. The summed E-state index contributed by atoms with van der Waals surface area (Å²) in [6, 6.07) is 3.90. The summed E-state index contributed by atoms with van der Waals surface area (Å²) in [5, 5.41) is 1.79. The second-order valence-electron chi connectivity index (χ2n) is 3.71. The van der Waals surface area contributed by atoms with Gasteiger partial charge < -0.3 is 5.73 Å².